The van der Waals surface area contributed by atoms with E-state index in [0.717, 1.165) is 33.4 Å². The highest BCUT2D eigenvalue weighted by molar-refractivity contribution is 8.18. The van der Waals surface area contributed by atoms with Crippen molar-refractivity contribution < 1.29 is 19.1 Å². The van der Waals surface area contributed by atoms with Crippen molar-refractivity contribution >= 4 is 40.6 Å². The van der Waals surface area contributed by atoms with E-state index in [9.17, 15) is 9.59 Å². The lowest BCUT2D eigenvalue weighted by Crippen LogP contribution is -2.22. The van der Waals surface area contributed by atoms with Gasteiger partial charge in [-0.3, -0.25) is 14.5 Å². The van der Waals surface area contributed by atoms with E-state index in [2.05, 4.69) is 6.58 Å². The molecule has 156 valence electrons. The van der Waals surface area contributed by atoms with Gasteiger partial charge >= 0.3 is 0 Å². The first-order chi connectivity index (χ1) is 14.4. The monoisotopic (exact) mass is 443 g/mol. The van der Waals surface area contributed by atoms with Gasteiger partial charge in [0.1, 0.15) is 6.61 Å². The van der Waals surface area contributed by atoms with Crippen molar-refractivity contribution in [1.82, 2.24) is 4.90 Å². The number of halogens is 1. The van der Waals surface area contributed by atoms with Gasteiger partial charge in [-0.25, -0.2) is 0 Å². The van der Waals surface area contributed by atoms with Gasteiger partial charge in [-0.1, -0.05) is 29.8 Å². The number of ether oxygens (including phenoxy) is 2. The quantitative estimate of drug-likeness (QED) is 0.386. The molecule has 0 aromatic heterocycles. The minimum atomic E-state index is -0.309. The van der Waals surface area contributed by atoms with Crippen LogP contribution in [0.15, 0.2) is 54.0 Å². The summed E-state index contributed by atoms with van der Waals surface area (Å²) in [7, 11) is 1.47. The first-order valence-corrected chi connectivity index (χ1v) is 10.6. The second-order valence-electron chi connectivity index (χ2n) is 6.59. The molecule has 30 heavy (non-hydrogen) atoms. The molecule has 0 spiro atoms. The highest BCUT2D eigenvalue weighted by Crippen LogP contribution is 2.37. The van der Waals surface area contributed by atoms with Crippen LogP contribution in [0.5, 0.6) is 11.5 Å². The van der Waals surface area contributed by atoms with Crippen molar-refractivity contribution in [2.24, 2.45) is 0 Å². The maximum Gasteiger partial charge on any atom is 0.293 e. The molecule has 0 unspecified atom stereocenters. The van der Waals surface area contributed by atoms with Crippen LogP contribution in [0, 0.1) is 0 Å². The third-order valence-corrected chi connectivity index (χ3v) is 5.61. The number of carbonyl (C=O) groups is 2. The van der Waals surface area contributed by atoms with E-state index in [1.165, 1.54) is 7.05 Å². The molecule has 0 aliphatic carbocycles. The maximum atomic E-state index is 12.2. The van der Waals surface area contributed by atoms with Gasteiger partial charge in [0.15, 0.2) is 11.5 Å². The molecule has 7 heteroatoms. The molecule has 5 nitrogen and oxygen atoms in total. The minimum absolute atomic E-state index is 0.287. The highest BCUT2D eigenvalue weighted by Gasteiger charge is 2.31. The van der Waals surface area contributed by atoms with Gasteiger partial charge in [0, 0.05) is 17.6 Å². The molecular formula is C23H22ClNO4S. The molecule has 3 rings (SSSR count). The van der Waals surface area contributed by atoms with Gasteiger partial charge in [0.05, 0.1) is 11.5 Å². The Morgan fingerprint density at radius 2 is 1.90 bits per heavy atom. The van der Waals surface area contributed by atoms with Crippen molar-refractivity contribution in [3.63, 3.8) is 0 Å². The Bertz CT molecular complexity index is 1000. The van der Waals surface area contributed by atoms with Crippen molar-refractivity contribution in [1.29, 1.82) is 0 Å². The minimum Gasteiger partial charge on any atom is -0.490 e. The van der Waals surface area contributed by atoms with Crippen molar-refractivity contribution in [3.8, 4) is 11.5 Å². The van der Waals surface area contributed by atoms with Crippen LogP contribution >= 0.6 is 23.4 Å². The summed E-state index contributed by atoms with van der Waals surface area (Å²) < 4.78 is 11.9. The maximum absolute atomic E-state index is 12.2. The Hall–Kier alpha value is -2.70. The largest absolute Gasteiger partial charge is 0.490 e. The van der Waals surface area contributed by atoms with E-state index in [-0.39, 0.29) is 11.1 Å². The Labute approximate surface area is 185 Å². The molecule has 1 aliphatic heterocycles. The van der Waals surface area contributed by atoms with E-state index in [1.807, 2.05) is 43.3 Å². The topological polar surface area (TPSA) is 55.8 Å². The molecule has 1 aliphatic rings. The normalized spacial score (nSPS) is 15.0. The number of rotatable bonds is 8. The molecule has 1 fully saturated rings. The Balaban J connectivity index is 1.95. The third-order valence-electron chi connectivity index (χ3n) is 4.40. The van der Waals surface area contributed by atoms with Crippen LogP contribution in [-0.4, -0.2) is 29.7 Å². The van der Waals surface area contributed by atoms with Gasteiger partial charge in [-0.2, -0.15) is 0 Å². The van der Waals surface area contributed by atoms with E-state index in [4.69, 9.17) is 21.1 Å². The molecule has 2 aromatic carbocycles. The fourth-order valence-electron chi connectivity index (χ4n) is 2.93. The lowest BCUT2D eigenvalue weighted by molar-refractivity contribution is -0.121. The molecule has 0 N–H and O–H groups in total. The van der Waals surface area contributed by atoms with Crippen molar-refractivity contribution in [2.75, 3.05) is 13.7 Å². The predicted octanol–water partition coefficient (Wildman–Crippen LogP) is 5.71. The molecule has 1 heterocycles. The number of hydrogen-bond donors (Lipinski definition) is 0. The average Bonchev–Trinajstić information content (AvgIpc) is 2.96. The third kappa shape index (κ3) is 5.07. The van der Waals surface area contributed by atoms with Crippen LogP contribution in [-0.2, 0) is 17.8 Å². The summed E-state index contributed by atoms with van der Waals surface area (Å²) >= 11 is 6.87. The SMILES string of the molecule is C=CCc1cc(/C=C2\SC(=O)N(C)C2=O)cc(OCC)c1OCc1ccc(Cl)cc1. The average molecular weight is 444 g/mol. The summed E-state index contributed by atoms with van der Waals surface area (Å²) in [6, 6.07) is 11.2. The lowest BCUT2D eigenvalue weighted by atomic mass is 10.0. The summed E-state index contributed by atoms with van der Waals surface area (Å²) in [6.45, 7) is 6.54. The number of likely N-dealkylation sites (N-methyl/N-ethyl adjacent to an activating group) is 1. The van der Waals surface area contributed by atoms with Gasteiger partial charge in [-0.15, -0.1) is 6.58 Å². The summed E-state index contributed by atoms with van der Waals surface area (Å²) in [6.07, 6.45) is 4.04. The van der Waals surface area contributed by atoms with Gasteiger partial charge < -0.3 is 9.47 Å². The summed E-state index contributed by atoms with van der Waals surface area (Å²) in [5, 5.41) is 0.382. The second-order valence-corrected chi connectivity index (χ2v) is 8.02. The van der Waals surface area contributed by atoms with Gasteiger partial charge in [0.2, 0.25) is 0 Å². The molecule has 1 saturated heterocycles. The highest BCUT2D eigenvalue weighted by atomic mass is 35.5. The van der Waals surface area contributed by atoms with Crippen LogP contribution in [0.1, 0.15) is 23.6 Å². The number of imide groups is 1. The van der Waals surface area contributed by atoms with Gasteiger partial charge in [-0.05, 0) is 66.6 Å². The van der Waals surface area contributed by atoms with Crippen LogP contribution in [0.4, 0.5) is 4.79 Å². The zero-order valence-corrected chi connectivity index (χ0v) is 18.4. The fraction of sp³-hybridized carbons (Fsp3) is 0.217. The Morgan fingerprint density at radius 3 is 2.50 bits per heavy atom. The number of benzene rings is 2. The van der Waals surface area contributed by atoms with Crippen LogP contribution < -0.4 is 9.47 Å². The Morgan fingerprint density at radius 1 is 1.17 bits per heavy atom. The fourth-order valence-corrected chi connectivity index (χ4v) is 3.89. The molecule has 2 aromatic rings. The molecule has 2 amide bonds. The number of allylic oxidation sites excluding steroid dienone is 1. The number of amides is 2. The molecule has 0 bridgehead atoms. The smallest absolute Gasteiger partial charge is 0.293 e. The summed E-state index contributed by atoms with van der Waals surface area (Å²) in [5.74, 6) is 0.900. The molecule has 0 atom stereocenters. The number of carbonyl (C=O) groups excluding carboxylic acids is 2. The molecular weight excluding hydrogens is 422 g/mol. The van der Waals surface area contributed by atoms with Crippen LogP contribution in [0.2, 0.25) is 5.02 Å². The van der Waals surface area contributed by atoms with E-state index in [1.54, 1.807) is 12.2 Å². The summed E-state index contributed by atoms with van der Waals surface area (Å²) in [5.41, 5.74) is 2.62. The summed E-state index contributed by atoms with van der Waals surface area (Å²) in [4.78, 5) is 25.5. The van der Waals surface area contributed by atoms with Crippen molar-refractivity contribution in [2.45, 2.75) is 20.0 Å². The lowest BCUT2D eigenvalue weighted by Gasteiger charge is -2.17. The van der Waals surface area contributed by atoms with E-state index >= 15 is 0 Å². The first-order valence-electron chi connectivity index (χ1n) is 9.42. The molecule has 0 saturated carbocycles. The van der Waals surface area contributed by atoms with Crippen molar-refractivity contribution in [3.05, 3.63) is 75.7 Å². The zero-order chi connectivity index (χ0) is 21.7. The number of thioether (sulfide) groups is 1. The number of hydrogen-bond acceptors (Lipinski definition) is 5. The standard InChI is InChI=1S/C23H22ClNO4S/c1-4-6-17-11-16(13-20-22(26)25(3)23(27)30-20)12-19(28-5-2)21(17)29-14-15-7-9-18(24)10-8-15/h4,7-13H,1,5-6,14H2,2-3H3/b20-13-. The molecule has 0 radical (unpaired) electrons. The van der Waals surface area contributed by atoms with Gasteiger partial charge in [0.25, 0.3) is 11.1 Å². The zero-order valence-electron chi connectivity index (χ0n) is 16.8. The van der Waals surface area contributed by atoms with Crippen LogP contribution in [0.3, 0.4) is 0 Å². The predicted molar refractivity (Wildman–Crippen MR) is 121 cm³/mol. The second kappa shape index (κ2) is 9.87. The Kier molecular flexibility index (Phi) is 7.24. The van der Waals surface area contributed by atoms with E-state index in [0.29, 0.717) is 41.1 Å². The van der Waals surface area contributed by atoms with Crippen LogP contribution in [0.25, 0.3) is 6.08 Å². The first kappa shape index (κ1) is 22.0. The van der Waals surface area contributed by atoms with E-state index < -0.39 is 0 Å². The number of nitrogens with zero attached hydrogens (tertiary/aromatic N) is 1.